The minimum atomic E-state index is -0.229. The molecule has 2 aromatic rings. The SMILES string of the molecule is COc1cc(C)c(NC(=O)c2ccnc(CN)c2)cc1OC. The van der Waals surface area contributed by atoms with Crippen LogP contribution in [-0.4, -0.2) is 25.1 Å². The second kappa shape index (κ2) is 6.91. The Hall–Kier alpha value is -2.60. The zero-order valence-corrected chi connectivity index (χ0v) is 12.8. The van der Waals surface area contributed by atoms with Crippen molar-refractivity contribution >= 4 is 11.6 Å². The first-order chi connectivity index (χ1) is 10.6. The van der Waals surface area contributed by atoms with E-state index in [1.54, 1.807) is 38.6 Å². The van der Waals surface area contributed by atoms with E-state index >= 15 is 0 Å². The summed E-state index contributed by atoms with van der Waals surface area (Å²) in [6, 6.07) is 6.86. The molecular weight excluding hydrogens is 282 g/mol. The maximum Gasteiger partial charge on any atom is 0.255 e. The standard InChI is InChI=1S/C16H19N3O3/c1-10-6-14(21-2)15(22-3)8-13(10)19-16(20)11-4-5-18-12(7-11)9-17/h4-8H,9,17H2,1-3H3,(H,19,20). The third-order valence-corrected chi connectivity index (χ3v) is 3.27. The van der Waals surface area contributed by atoms with Gasteiger partial charge in [0.1, 0.15) is 0 Å². The molecule has 22 heavy (non-hydrogen) atoms. The highest BCUT2D eigenvalue weighted by Crippen LogP contribution is 2.33. The topological polar surface area (TPSA) is 86.5 Å². The Morgan fingerprint density at radius 2 is 1.91 bits per heavy atom. The van der Waals surface area contributed by atoms with Gasteiger partial charge in [-0.05, 0) is 30.7 Å². The summed E-state index contributed by atoms with van der Waals surface area (Å²) in [7, 11) is 3.12. The minimum Gasteiger partial charge on any atom is -0.493 e. The summed E-state index contributed by atoms with van der Waals surface area (Å²) in [5.74, 6) is 0.945. The monoisotopic (exact) mass is 301 g/mol. The Kier molecular flexibility index (Phi) is 4.95. The fourth-order valence-electron chi connectivity index (χ4n) is 2.04. The molecule has 0 radical (unpaired) electrons. The molecule has 0 aliphatic rings. The summed E-state index contributed by atoms with van der Waals surface area (Å²) in [6.45, 7) is 2.17. The smallest absolute Gasteiger partial charge is 0.255 e. The maximum absolute atomic E-state index is 12.3. The van der Waals surface area contributed by atoms with E-state index in [0.29, 0.717) is 28.4 Å². The van der Waals surface area contributed by atoms with Crippen molar-refractivity contribution < 1.29 is 14.3 Å². The molecule has 0 fully saturated rings. The first-order valence-electron chi connectivity index (χ1n) is 6.78. The molecule has 116 valence electrons. The number of amides is 1. The number of aryl methyl sites for hydroxylation is 1. The summed E-state index contributed by atoms with van der Waals surface area (Å²) >= 11 is 0. The summed E-state index contributed by atoms with van der Waals surface area (Å²) in [4.78, 5) is 16.4. The molecule has 1 aromatic carbocycles. The lowest BCUT2D eigenvalue weighted by Gasteiger charge is -2.13. The van der Waals surface area contributed by atoms with Crippen molar-refractivity contribution in [3.05, 3.63) is 47.3 Å². The molecule has 6 nitrogen and oxygen atoms in total. The molecule has 0 atom stereocenters. The zero-order valence-electron chi connectivity index (χ0n) is 12.8. The van der Waals surface area contributed by atoms with Gasteiger partial charge in [0.15, 0.2) is 11.5 Å². The van der Waals surface area contributed by atoms with E-state index in [0.717, 1.165) is 5.56 Å². The lowest BCUT2D eigenvalue weighted by atomic mass is 10.1. The Balaban J connectivity index is 2.27. The molecule has 0 aliphatic heterocycles. The van der Waals surface area contributed by atoms with Gasteiger partial charge in [-0.3, -0.25) is 9.78 Å². The van der Waals surface area contributed by atoms with Gasteiger partial charge in [-0.1, -0.05) is 0 Å². The molecule has 6 heteroatoms. The van der Waals surface area contributed by atoms with Crippen LogP contribution in [-0.2, 0) is 6.54 Å². The number of rotatable bonds is 5. The molecule has 0 aliphatic carbocycles. The lowest BCUT2D eigenvalue weighted by molar-refractivity contribution is 0.102. The number of pyridine rings is 1. The Morgan fingerprint density at radius 3 is 2.55 bits per heavy atom. The molecule has 0 saturated heterocycles. The summed E-state index contributed by atoms with van der Waals surface area (Å²) in [5.41, 5.74) is 8.24. The van der Waals surface area contributed by atoms with Gasteiger partial charge in [0.05, 0.1) is 19.9 Å². The Morgan fingerprint density at radius 1 is 1.23 bits per heavy atom. The summed E-state index contributed by atoms with van der Waals surface area (Å²) < 4.78 is 10.5. The Labute approximate surface area is 129 Å². The third kappa shape index (κ3) is 3.35. The fourth-order valence-corrected chi connectivity index (χ4v) is 2.04. The first kappa shape index (κ1) is 15.8. The van der Waals surface area contributed by atoms with E-state index in [9.17, 15) is 4.79 Å². The molecule has 1 heterocycles. The van der Waals surface area contributed by atoms with Crippen LogP contribution in [0.2, 0.25) is 0 Å². The normalized spacial score (nSPS) is 10.2. The van der Waals surface area contributed by atoms with Crippen LogP contribution in [0.1, 0.15) is 21.6 Å². The molecule has 0 bridgehead atoms. The molecule has 2 rings (SSSR count). The molecule has 0 saturated carbocycles. The van der Waals surface area contributed by atoms with Gasteiger partial charge >= 0.3 is 0 Å². The van der Waals surface area contributed by atoms with E-state index in [1.807, 2.05) is 13.0 Å². The number of nitrogens with zero attached hydrogens (tertiary/aromatic N) is 1. The molecule has 3 N–H and O–H groups in total. The van der Waals surface area contributed by atoms with Gasteiger partial charge in [-0.25, -0.2) is 0 Å². The average molecular weight is 301 g/mol. The van der Waals surface area contributed by atoms with Crippen molar-refractivity contribution in [2.24, 2.45) is 5.73 Å². The van der Waals surface area contributed by atoms with Crippen LogP contribution in [0.25, 0.3) is 0 Å². The molecule has 0 spiro atoms. The highest BCUT2D eigenvalue weighted by atomic mass is 16.5. The van der Waals surface area contributed by atoms with E-state index < -0.39 is 0 Å². The fraction of sp³-hybridized carbons (Fsp3) is 0.250. The summed E-state index contributed by atoms with van der Waals surface area (Å²) in [6.07, 6.45) is 1.57. The number of carbonyl (C=O) groups is 1. The summed E-state index contributed by atoms with van der Waals surface area (Å²) in [5, 5.41) is 2.86. The zero-order chi connectivity index (χ0) is 16.1. The van der Waals surface area contributed by atoms with Crippen molar-refractivity contribution in [2.75, 3.05) is 19.5 Å². The van der Waals surface area contributed by atoms with Crippen LogP contribution in [0, 0.1) is 6.92 Å². The highest BCUT2D eigenvalue weighted by molar-refractivity contribution is 6.04. The van der Waals surface area contributed by atoms with Crippen LogP contribution in [0.4, 0.5) is 5.69 Å². The van der Waals surface area contributed by atoms with Crippen molar-refractivity contribution in [1.29, 1.82) is 0 Å². The molecule has 1 aromatic heterocycles. The van der Waals surface area contributed by atoms with E-state index in [-0.39, 0.29) is 12.5 Å². The number of nitrogens with two attached hydrogens (primary N) is 1. The first-order valence-corrected chi connectivity index (χ1v) is 6.78. The van der Waals surface area contributed by atoms with Crippen molar-refractivity contribution in [3.8, 4) is 11.5 Å². The van der Waals surface area contributed by atoms with Crippen LogP contribution in [0.5, 0.6) is 11.5 Å². The second-order valence-electron chi connectivity index (χ2n) is 4.72. The number of nitrogens with one attached hydrogen (secondary N) is 1. The highest BCUT2D eigenvalue weighted by Gasteiger charge is 2.12. The van der Waals surface area contributed by atoms with Gasteiger partial charge in [-0.2, -0.15) is 0 Å². The molecule has 0 unspecified atom stereocenters. The largest absolute Gasteiger partial charge is 0.493 e. The van der Waals surface area contributed by atoms with Gasteiger partial charge in [-0.15, -0.1) is 0 Å². The number of anilines is 1. The van der Waals surface area contributed by atoms with Crippen molar-refractivity contribution in [3.63, 3.8) is 0 Å². The minimum absolute atomic E-state index is 0.229. The van der Waals surface area contributed by atoms with Crippen LogP contribution < -0.4 is 20.5 Å². The Bertz CT molecular complexity index is 686. The van der Waals surface area contributed by atoms with Crippen LogP contribution >= 0.6 is 0 Å². The van der Waals surface area contributed by atoms with Crippen LogP contribution in [0.15, 0.2) is 30.5 Å². The van der Waals surface area contributed by atoms with Crippen molar-refractivity contribution in [2.45, 2.75) is 13.5 Å². The van der Waals surface area contributed by atoms with E-state index in [4.69, 9.17) is 15.2 Å². The van der Waals surface area contributed by atoms with Gasteiger partial charge < -0.3 is 20.5 Å². The number of methoxy groups -OCH3 is 2. The lowest BCUT2D eigenvalue weighted by Crippen LogP contribution is -2.14. The second-order valence-corrected chi connectivity index (χ2v) is 4.72. The van der Waals surface area contributed by atoms with Gasteiger partial charge in [0.2, 0.25) is 0 Å². The predicted octanol–water partition coefficient (Wildman–Crippen LogP) is 2.12. The van der Waals surface area contributed by atoms with Crippen LogP contribution in [0.3, 0.4) is 0 Å². The number of aromatic nitrogens is 1. The molecular formula is C16H19N3O3. The van der Waals surface area contributed by atoms with Gasteiger partial charge in [0.25, 0.3) is 5.91 Å². The number of ether oxygens (including phenoxy) is 2. The quantitative estimate of drug-likeness (QED) is 0.883. The number of benzene rings is 1. The van der Waals surface area contributed by atoms with E-state index in [2.05, 4.69) is 10.3 Å². The van der Waals surface area contributed by atoms with E-state index in [1.165, 1.54) is 0 Å². The number of carbonyl (C=O) groups excluding carboxylic acids is 1. The van der Waals surface area contributed by atoms with Gasteiger partial charge in [0, 0.05) is 30.1 Å². The average Bonchev–Trinajstić information content (AvgIpc) is 2.56. The number of hydrogen-bond acceptors (Lipinski definition) is 5. The maximum atomic E-state index is 12.3. The number of hydrogen-bond donors (Lipinski definition) is 2. The molecule has 1 amide bonds. The predicted molar refractivity (Wildman–Crippen MR) is 84.4 cm³/mol. The third-order valence-electron chi connectivity index (χ3n) is 3.27. The van der Waals surface area contributed by atoms with Crippen molar-refractivity contribution in [1.82, 2.24) is 4.98 Å².